The Labute approximate surface area is 181 Å². The van der Waals surface area contributed by atoms with Crippen LogP contribution in [0.4, 0.5) is 0 Å². The fraction of sp³-hybridized carbons (Fsp3) is 0.292. The number of sulfone groups is 1. The number of rotatable bonds is 7. The summed E-state index contributed by atoms with van der Waals surface area (Å²) in [5.41, 5.74) is 0.662. The van der Waals surface area contributed by atoms with Crippen molar-refractivity contribution < 1.29 is 13.2 Å². The lowest BCUT2D eigenvalue weighted by Crippen LogP contribution is -2.30. The highest BCUT2D eigenvalue weighted by molar-refractivity contribution is 7.91. The molecule has 1 fully saturated rings. The molecule has 160 valence electrons. The average molecular weight is 436 g/mol. The quantitative estimate of drug-likeness (QED) is 0.419. The maximum atomic E-state index is 13.5. The Hall–Kier alpha value is -2.90. The summed E-state index contributed by atoms with van der Waals surface area (Å²) in [5, 5.41) is 12.6. The molecule has 0 unspecified atom stereocenters. The van der Waals surface area contributed by atoms with Crippen LogP contribution in [0.2, 0.25) is 0 Å². The highest BCUT2D eigenvalue weighted by Gasteiger charge is 2.26. The summed E-state index contributed by atoms with van der Waals surface area (Å²) in [4.78, 5) is 0.256. The molecule has 1 aliphatic rings. The van der Waals surface area contributed by atoms with Crippen LogP contribution in [0.25, 0.3) is 21.7 Å². The van der Waals surface area contributed by atoms with Crippen molar-refractivity contribution >= 4 is 31.5 Å². The van der Waals surface area contributed by atoms with Crippen LogP contribution in [0.5, 0.6) is 5.75 Å². The second kappa shape index (κ2) is 8.32. The van der Waals surface area contributed by atoms with Crippen molar-refractivity contribution in [2.75, 3.05) is 13.2 Å². The molecule has 0 radical (unpaired) electrons. The number of benzene rings is 3. The second-order valence-corrected chi connectivity index (χ2v) is 9.83. The van der Waals surface area contributed by atoms with Gasteiger partial charge < -0.3 is 10.1 Å². The first kappa shape index (κ1) is 20.0. The summed E-state index contributed by atoms with van der Waals surface area (Å²) in [5.74, 6) is 0.636. The lowest BCUT2D eigenvalue weighted by molar-refractivity contribution is 0.305. The minimum Gasteiger partial charge on any atom is -0.492 e. The zero-order valence-electron chi connectivity index (χ0n) is 17.2. The van der Waals surface area contributed by atoms with Crippen molar-refractivity contribution in [1.29, 1.82) is 0 Å². The van der Waals surface area contributed by atoms with Crippen molar-refractivity contribution in [3.8, 4) is 5.75 Å². The number of aromatic amines is 1. The highest BCUT2D eigenvalue weighted by Crippen LogP contribution is 2.32. The molecule has 7 heteroatoms. The van der Waals surface area contributed by atoms with E-state index < -0.39 is 9.84 Å². The third-order valence-electron chi connectivity index (χ3n) is 5.95. The van der Waals surface area contributed by atoms with Crippen LogP contribution in [-0.4, -0.2) is 37.8 Å². The van der Waals surface area contributed by atoms with Crippen LogP contribution in [0.15, 0.2) is 70.6 Å². The van der Waals surface area contributed by atoms with E-state index in [2.05, 4.69) is 15.5 Å². The first-order chi connectivity index (χ1) is 15.1. The van der Waals surface area contributed by atoms with Gasteiger partial charge in [-0.3, -0.25) is 5.10 Å². The predicted octanol–water partition coefficient (Wildman–Crippen LogP) is 4.46. The van der Waals surface area contributed by atoms with E-state index in [-0.39, 0.29) is 9.92 Å². The molecular weight excluding hydrogens is 410 g/mol. The van der Waals surface area contributed by atoms with Crippen molar-refractivity contribution in [2.45, 2.75) is 41.6 Å². The fourth-order valence-electron chi connectivity index (χ4n) is 4.36. The van der Waals surface area contributed by atoms with Crippen LogP contribution in [0.3, 0.4) is 0 Å². The van der Waals surface area contributed by atoms with Crippen molar-refractivity contribution in [3.63, 3.8) is 0 Å². The molecule has 1 saturated carbocycles. The van der Waals surface area contributed by atoms with Gasteiger partial charge in [-0.05, 0) is 42.5 Å². The van der Waals surface area contributed by atoms with Gasteiger partial charge in [-0.25, -0.2) is 8.42 Å². The molecule has 0 bridgehead atoms. The molecule has 3 aromatic carbocycles. The number of hydrogen-bond donors (Lipinski definition) is 2. The van der Waals surface area contributed by atoms with Crippen LogP contribution >= 0.6 is 0 Å². The molecule has 4 aromatic rings. The molecular formula is C24H25N3O3S. The van der Waals surface area contributed by atoms with Gasteiger partial charge in [-0.2, -0.15) is 5.10 Å². The molecule has 6 nitrogen and oxygen atoms in total. The lowest BCUT2D eigenvalue weighted by Gasteiger charge is -2.12. The monoisotopic (exact) mass is 435 g/mol. The van der Waals surface area contributed by atoms with E-state index in [9.17, 15) is 8.42 Å². The third kappa shape index (κ3) is 3.91. The van der Waals surface area contributed by atoms with E-state index in [1.165, 1.54) is 25.7 Å². The summed E-state index contributed by atoms with van der Waals surface area (Å²) in [7, 11) is -3.81. The van der Waals surface area contributed by atoms with Gasteiger partial charge in [-0.1, -0.05) is 49.2 Å². The highest BCUT2D eigenvalue weighted by atomic mass is 32.2. The van der Waals surface area contributed by atoms with E-state index in [1.807, 2.05) is 42.5 Å². The van der Waals surface area contributed by atoms with Crippen LogP contribution < -0.4 is 10.1 Å². The largest absolute Gasteiger partial charge is 0.492 e. The van der Waals surface area contributed by atoms with Gasteiger partial charge in [0.1, 0.15) is 12.4 Å². The lowest BCUT2D eigenvalue weighted by atomic mass is 10.1. The summed E-state index contributed by atoms with van der Waals surface area (Å²) >= 11 is 0. The normalized spacial score (nSPS) is 15.1. The number of ether oxygens (including phenoxy) is 1. The van der Waals surface area contributed by atoms with E-state index >= 15 is 0 Å². The molecule has 0 aliphatic heterocycles. The minimum atomic E-state index is -3.81. The standard InChI is InChI=1S/C24H25N3O3S/c28-31(29,23-11-5-7-17-6-1-4-10-20(17)23)24-21-16-19(12-13-22(21)26-27-24)30-15-14-25-18-8-2-3-9-18/h1,4-7,10-13,16,18,25H,2-3,8-9,14-15H2,(H,26,27). The Morgan fingerprint density at radius 2 is 1.81 bits per heavy atom. The molecule has 0 saturated heterocycles. The summed E-state index contributed by atoms with van der Waals surface area (Å²) in [6, 6.07) is 18.8. The van der Waals surface area contributed by atoms with E-state index in [1.54, 1.807) is 18.2 Å². The Morgan fingerprint density at radius 1 is 1.00 bits per heavy atom. The van der Waals surface area contributed by atoms with Crippen LogP contribution in [-0.2, 0) is 9.84 Å². The van der Waals surface area contributed by atoms with E-state index in [0.717, 1.165) is 11.9 Å². The zero-order valence-corrected chi connectivity index (χ0v) is 18.0. The Bertz CT molecular complexity index is 1320. The molecule has 1 heterocycles. The average Bonchev–Trinajstić information content (AvgIpc) is 3.46. The molecule has 0 amide bonds. The molecule has 0 atom stereocenters. The summed E-state index contributed by atoms with van der Waals surface area (Å²) in [6.45, 7) is 1.31. The number of nitrogens with zero attached hydrogens (tertiary/aromatic N) is 1. The zero-order chi connectivity index (χ0) is 21.3. The van der Waals surface area contributed by atoms with Crippen LogP contribution in [0.1, 0.15) is 25.7 Å². The Morgan fingerprint density at radius 3 is 2.68 bits per heavy atom. The maximum Gasteiger partial charge on any atom is 0.226 e. The number of hydrogen-bond acceptors (Lipinski definition) is 5. The smallest absolute Gasteiger partial charge is 0.226 e. The van der Waals surface area contributed by atoms with Gasteiger partial charge in [0, 0.05) is 23.4 Å². The van der Waals surface area contributed by atoms with Crippen molar-refractivity contribution in [3.05, 3.63) is 60.7 Å². The Balaban J connectivity index is 1.42. The first-order valence-electron chi connectivity index (χ1n) is 10.7. The van der Waals surface area contributed by atoms with Gasteiger partial charge in [0.25, 0.3) is 0 Å². The van der Waals surface area contributed by atoms with Crippen molar-refractivity contribution in [1.82, 2.24) is 15.5 Å². The van der Waals surface area contributed by atoms with Gasteiger partial charge >= 0.3 is 0 Å². The molecule has 2 N–H and O–H groups in total. The van der Waals surface area contributed by atoms with Crippen LogP contribution in [0, 0.1) is 0 Å². The third-order valence-corrected chi connectivity index (χ3v) is 7.71. The van der Waals surface area contributed by atoms with E-state index in [4.69, 9.17) is 4.74 Å². The number of aromatic nitrogens is 2. The maximum absolute atomic E-state index is 13.5. The second-order valence-electron chi connectivity index (χ2n) is 8.00. The topological polar surface area (TPSA) is 84.1 Å². The van der Waals surface area contributed by atoms with E-state index in [0.29, 0.717) is 34.7 Å². The number of nitrogens with one attached hydrogen (secondary N) is 2. The fourth-order valence-corrected chi connectivity index (χ4v) is 5.93. The number of fused-ring (bicyclic) bond motifs is 2. The number of H-pyrrole nitrogens is 1. The SMILES string of the molecule is O=S(=O)(c1cccc2ccccc12)c1n[nH]c2ccc(OCCNC3CCCC3)cc12. The first-order valence-corrected chi connectivity index (χ1v) is 12.2. The molecule has 31 heavy (non-hydrogen) atoms. The molecule has 0 spiro atoms. The van der Waals surface area contributed by atoms with Gasteiger partial charge in [-0.15, -0.1) is 0 Å². The summed E-state index contributed by atoms with van der Waals surface area (Å²) < 4.78 is 32.9. The summed E-state index contributed by atoms with van der Waals surface area (Å²) in [6.07, 6.45) is 5.06. The van der Waals surface area contributed by atoms with Gasteiger partial charge in [0.2, 0.25) is 9.84 Å². The molecule has 1 aliphatic carbocycles. The molecule has 5 rings (SSSR count). The van der Waals surface area contributed by atoms with Gasteiger partial charge in [0.15, 0.2) is 5.03 Å². The Kier molecular flexibility index (Phi) is 5.38. The minimum absolute atomic E-state index is 0.0217. The van der Waals surface area contributed by atoms with Crippen molar-refractivity contribution in [2.24, 2.45) is 0 Å². The predicted molar refractivity (Wildman–Crippen MR) is 121 cm³/mol. The molecule has 1 aromatic heterocycles. The van der Waals surface area contributed by atoms with Gasteiger partial charge in [0.05, 0.1) is 10.4 Å².